The van der Waals surface area contributed by atoms with Gasteiger partial charge >= 0.3 is 5.97 Å². The van der Waals surface area contributed by atoms with Crippen LogP contribution in [0, 0.1) is 0 Å². The number of hydrogen-bond donors (Lipinski definition) is 2. The lowest BCUT2D eigenvalue weighted by atomic mass is 10.1. The molecule has 0 spiro atoms. The third-order valence-electron chi connectivity index (χ3n) is 3.83. The van der Waals surface area contributed by atoms with E-state index in [4.69, 9.17) is 12.2 Å². The Hall–Kier alpha value is -1.93. The van der Waals surface area contributed by atoms with Crippen LogP contribution in [0.15, 0.2) is 28.7 Å². The van der Waals surface area contributed by atoms with Crippen LogP contribution in [0.2, 0.25) is 0 Å². The molecule has 1 aromatic carbocycles. The topological polar surface area (TPSA) is 70.4 Å². The molecule has 0 saturated heterocycles. The van der Waals surface area contributed by atoms with Gasteiger partial charge in [0.2, 0.25) is 0 Å². The average molecular weight is 395 g/mol. The Morgan fingerprint density at radius 3 is 2.70 bits per heavy atom. The summed E-state index contributed by atoms with van der Waals surface area (Å²) < 4.78 is 2.69. The van der Waals surface area contributed by atoms with Gasteiger partial charge in [-0.15, -0.1) is 0 Å². The maximum atomic E-state index is 11.6. The first-order valence-electron chi connectivity index (χ1n) is 7.08. The van der Waals surface area contributed by atoms with Crippen molar-refractivity contribution in [1.29, 1.82) is 0 Å². The van der Waals surface area contributed by atoms with Crippen LogP contribution in [0.25, 0.3) is 5.69 Å². The van der Waals surface area contributed by atoms with Crippen molar-refractivity contribution in [1.82, 2.24) is 20.0 Å². The molecule has 0 unspecified atom stereocenters. The van der Waals surface area contributed by atoms with Crippen molar-refractivity contribution in [2.45, 2.75) is 13.0 Å². The van der Waals surface area contributed by atoms with E-state index in [0.29, 0.717) is 18.1 Å². The molecule has 1 aliphatic heterocycles. The summed E-state index contributed by atoms with van der Waals surface area (Å²) in [6.45, 7) is 1.18. The molecule has 6 nitrogen and oxygen atoms in total. The number of carboxylic acids is 1. The van der Waals surface area contributed by atoms with Gasteiger partial charge in [0.05, 0.1) is 11.4 Å². The number of carboxylic acid groups (broad SMARTS) is 1. The van der Waals surface area contributed by atoms with Crippen LogP contribution in [-0.4, -0.2) is 44.5 Å². The van der Waals surface area contributed by atoms with Crippen molar-refractivity contribution in [3.63, 3.8) is 0 Å². The van der Waals surface area contributed by atoms with Crippen molar-refractivity contribution < 1.29 is 9.90 Å². The van der Waals surface area contributed by atoms with Gasteiger partial charge in [0.25, 0.3) is 0 Å². The molecule has 0 saturated carbocycles. The van der Waals surface area contributed by atoms with Gasteiger partial charge in [-0.3, -0.25) is 0 Å². The fourth-order valence-electron chi connectivity index (χ4n) is 2.72. The summed E-state index contributed by atoms with van der Waals surface area (Å²) in [4.78, 5) is 13.5. The van der Waals surface area contributed by atoms with E-state index in [0.717, 1.165) is 28.0 Å². The molecule has 120 valence electrons. The number of thiocarbonyl (C=S) groups is 1. The molecule has 2 N–H and O–H groups in total. The summed E-state index contributed by atoms with van der Waals surface area (Å²) in [6, 6.07) is 7.64. The number of benzene rings is 1. The molecule has 0 bridgehead atoms. The molecular weight excluding hydrogens is 380 g/mol. The van der Waals surface area contributed by atoms with Crippen molar-refractivity contribution >= 4 is 39.2 Å². The van der Waals surface area contributed by atoms with E-state index in [-0.39, 0.29) is 5.69 Å². The summed E-state index contributed by atoms with van der Waals surface area (Å²) in [7, 11) is 1.77. The summed E-state index contributed by atoms with van der Waals surface area (Å²) >= 11 is 8.66. The summed E-state index contributed by atoms with van der Waals surface area (Å²) in [5, 5.41) is 17.3. The number of halogens is 1. The standard InChI is InChI=1S/C15H15BrN4O2S/c1-17-15(23)19-7-6-12-11(8-19)13(14(21)22)18-20(12)10-4-2-9(16)3-5-10/h2-5H,6-8H2,1H3,(H,17,23)(H,21,22). The van der Waals surface area contributed by atoms with Crippen molar-refractivity contribution in [3.8, 4) is 5.69 Å². The minimum Gasteiger partial charge on any atom is -0.476 e. The monoisotopic (exact) mass is 394 g/mol. The van der Waals surface area contributed by atoms with Crippen LogP contribution in [0.1, 0.15) is 21.7 Å². The van der Waals surface area contributed by atoms with Gasteiger partial charge in [-0.1, -0.05) is 15.9 Å². The Morgan fingerprint density at radius 2 is 2.09 bits per heavy atom. The highest BCUT2D eigenvalue weighted by atomic mass is 79.9. The van der Waals surface area contributed by atoms with E-state index in [1.807, 2.05) is 29.2 Å². The second-order valence-electron chi connectivity index (χ2n) is 5.19. The lowest BCUT2D eigenvalue weighted by Gasteiger charge is -2.29. The first kappa shape index (κ1) is 15.9. The van der Waals surface area contributed by atoms with Crippen LogP contribution in [-0.2, 0) is 13.0 Å². The molecule has 23 heavy (non-hydrogen) atoms. The van der Waals surface area contributed by atoms with E-state index in [1.54, 1.807) is 11.7 Å². The van der Waals surface area contributed by atoms with Gasteiger partial charge in [0.15, 0.2) is 10.8 Å². The smallest absolute Gasteiger partial charge is 0.356 e. The molecule has 0 fully saturated rings. The van der Waals surface area contributed by atoms with Crippen LogP contribution in [0.3, 0.4) is 0 Å². The Kier molecular flexibility index (Phi) is 4.36. The van der Waals surface area contributed by atoms with Crippen LogP contribution in [0.4, 0.5) is 0 Å². The molecule has 2 heterocycles. The van der Waals surface area contributed by atoms with Crippen molar-refractivity contribution in [2.75, 3.05) is 13.6 Å². The third kappa shape index (κ3) is 2.96. The van der Waals surface area contributed by atoms with Gasteiger partial charge in [-0.2, -0.15) is 5.10 Å². The number of aromatic nitrogens is 2. The lowest BCUT2D eigenvalue weighted by molar-refractivity contribution is 0.0688. The molecule has 2 aromatic rings. The van der Waals surface area contributed by atoms with Crippen molar-refractivity contribution in [3.05, 3.63) is 45.7 Å². The molecule has 1 aromatic heterocycles. The van der Waals surface area contributed by atoms with E-state index in [2.05, 4.69) is 26.3 Å². The van der Waals surface area contributed by atoms with Gasteiger partial charge < -0.3 is 15.3 Å². The number of carbonyl (C=O) groups is 1. The second-order valence-corrected chi connectivity index (χ2v) is 6.50. The largest absolute Gasteiger partial charge is 0.476 e. The molecule has 8 heteroatoms. The van der Waals surface area contributed by atoms with Crippen LogP contribution >= 0.6 is 28.1 Å². The molecule has 3 rings (SSSR count). The number of nitrogens with zero attached hydrogens (tertiary/aromatic N) is 3. The lowest BCUT2D eigenvalue weighted by Crippen LogP contribution is -2.41. The van der Waals surface area contributed by atoms with E-state index >= 15 is 0 Å². The SMILES string of the molecule is CNC(=S)N1CCc2c(c(C(=O)O)nn2-c2ccc(Br)cc2)C1. The Balaban J connectivity index is 2.06. The Bertz CT molecular complexity index is 773. The number of aromatic carboxylic acids is 1. The van der Waals surface area contributed by atoms with Gasteiger partial charge in [-0.25, -0.2) is 9.48 Å². The number of fused-ring (bicyclic) bond motifs is 1. The fourth-order valence-corrected chi connectivity index (χ4v) is 3.14. The highest BCUT2D eigenvalue weighted by molar-refractivity contribution is 9.10. The van der Waals surface area contributed by atoms with E-state index in [1.165, 1.54) is 0 Å². The quantitative estimate of drug-likeness (QED) is 0.760. The summed E-state index contributed by atoms with van der Waals surface area (Å²) in [6.07, 6.45) is 0.688. The molecule has 1 aliphatic rings. The van der Waals surface area contributed by atoms with Gasteiger partial charge in [-0.05, 0) is 36.5 Å². The first-order chi connectivity index (χ1) is 11.0. The van der Waals surface area contributed by atoms with Gasteiger partial charge in [0, 0.05) is 36.6 Å². The molecule has 0 radical (unpaired) electrons. The highest BCUT2D eigenvalue weighted by Gasteiger charge is 2.29. The predicted molar refractivity (Wildman–Crippen MR) is 94.0 cm³/mol. The van der Waals surface area contributed by atoms with Crippen molar-refractivity contribution in [2.24, 2.45) is 0 Å². The first-order valence-corrected chi connectivity index (χ1v) is 8.28. The highest BCUT2D eigenvalue weighted by Crippen LogP contribution is 2.26. The van der Waals surface area contributed by atoms with E-state index in [9.17, 15) is 9.90 Å². The minimum atomic E-state index is -1.02. The van der Waals surface area contributed by atoms with E-state index < -0.39 is 5.97 Å². The molecule has 0 amide bonds. The minimum absolute atomic E-state index is 0.0894. The molecule has 0 aliphatic carbocycles. The second kappa shape index (κ2) is 6.29. The zero-order valence-corrected chi connectivity index (χ0v) is 14.8. The predicted octanol–water partition coefficient (Wildman–Crippen LogP) is 2.20. The summed E-state index contributed by atoms with van der Waals surface area (Å²) in [5.41, 5.74) is 2.59. The Labute approximate surface area is 147 Å². The normalized spacial score (nSPS) is 13.6. The number of nitrogens with one attached hydrogen (secondary N) is 1. The molecular formula is C15H15BrN4O2S. The van der Waals surface area contributed by atoms with Crippen LogP contribution < -0.4 is 5.32 Å². The zero-order chi connectivity index (χ0) is 16.6. The Morgan fingerprint density at radius 1 is 1.39 bits per heavy atom. The maximum absolute atomic E-state index is 11.6. The average Bonchev–Trinajstić information content (AvgIpc) is 2.93. The fraction of sp³-hybridized carbons (Fsp3) is 0.267. The third-order valence-corrected chi connectivity index (χ3v) is 4.82. The zero-order valence-electron chi connectivity index (χ0n) is 12.4. The maximum Gasteiger partial charge on any atom is 0.356 e. The molecule has 0 atom stereocenters. The number of hydrogen-bond acceptors (Lipinski definition) is 3. The number of rotatable bonds is 2. The summed E-state index contributed by atoms with van der Waals surface area (Å²) in [5.74, 6) is -1.02. The van der Waals surface area contributed by atoms with Crippen LogP contribution in [0.5, 0.6) is 0 Å². The van der Waals surface area contributed by atoms with Gasteiger partial charge in [0.1, 0.15) is 0 Å².